The summed E-state index contributed by atoms with van der Waals surface area (Å²) in [5.41, 5.74) is -0.693. The highest BCUT2D eigenvalue weighted by atomic mass is 16.6. The summed E-state index contributed by atoms with van der Waals surface area (Å²) in [5.74, 6) is -1.55. The van der Waals surface area contributed by atoms with Gasteiger partial charge in [-0.05, 0) is 31.9 Å². The standard InChI is InChI=1S/C14H16N2O5/c1-9-8-10(4-5-11(9)16(20)21)12(17)15-14(13(18)19)6-2-3-7-14/h4-5,8H,2-3,6-7H2,1H3,(H,15,17)(H,18,19). The van der Waals surface area contributed by atoms with Gasteiger partial charge in [0.05, 0.1) is 4.92 Å². The van der Waals surface area contributed by atoms with Crippen molar-refractivity contribution in [3.05, 3.63) is 39.4 Å². The maximum atomic E-state index is 12.2. The van der Waals surface area contributed by atoms with Crippen molar-refractivity contribution in [2.75, 3.05) is 0 Å². The molecule has 1 aliphatic rings. The molecule has 7 nitrogen and oxygen atoms in total. The van der Waals surface area contributed by atoms with Gasteiger partial charge in [-0.15, -0.1) is 0 Å². The normalized spacial score (nSPS) is 16.4. The zero-order valence-corrected chi connectivity index (χ0v) is 11.6. The van der Waals surface area contributed by atoms with Crippen molar-refractivity contribution in [3.63, 3.8) is 0 Å². The zero-order chi connectivity index (χ0) is 15.6. The van der Waals surface area contributed by atoms with Crippen LogP contribution in [0.15, 0.2) is 18.2 Å². The van der Waals surface area contributed by atoms with Crippen molar-refractivity contribution in [1.82, 2.24) is 5.32 Å². The molecule has 2 rings (SSSR count). The van der Waals surface area contributed by atoms with E-state index in [0.717, 1.165) is 12.8 Å². The summed E-state index contributed by atoms with van der Waals surface area (Å²) < 4.78 is 0. The Morgan fingerprint density at radius 2 is 1.95 bits per heavy atom. The third-order valence-electron chi connectivity index (χ3n) is 3.87. The summed E-state index contributed by atoms with van der Waals surface area (Å²) in [6.45, 7) is 1.54. The Hall–Kier alpha value is -2.44. The van der Waals surface area contributed by atoms with E-state index >= 15 is 0 Å². The average molecular weight is 292 g/mol. The molecule has 1 fully saturated rings. The highest BCUT2D eigenvalue weighted by Gasteiger charge is 2.42. The summed E-state index contributed by atoms with van der Waals surface area (Å²) >= 11 is 0. The van der Waals surface area contributed by atoms with E-state index in [0.29, 0.717) is 18.4 Å². The molecule has 0 heterocycles. The molecule has 112 valence electrons. The lowest BCUT2D eigenvalue weighted by atomic mass is 9.97. The monoisotopic (exact) mass is 292 g/mol. The summed E-state index contributed by atoms with van der Waals surface area (Å²) in [6.07, 6.45) is 2.32. The van der Waals surface area contributed by atoms with E-state index in [4.69, 9.17) is 0 Å². The highest BCUT2D eigenvalue weighted by molar-refractivity contribution is 5.98. The van der Waals surface area contributed by atoms with Gasteiger partial charge in [-0.3, -0.25) is 14.9 Å². The minimum absolute atomic E-state index is 0.0691. The second-order valence-corrected chi connectivity index (χ2v) is 5.31. The molecular weight excluding hydrogens is 276 g/mol. The number of nitrogens with one attached hydrogen (secondary N) is 1. The fraction of sp³-hybridized carbons (Fsp3) is 0.429. The number of aliphatic carboxylic acids is 1. The topological polar surface area (TPSA) is 110 Å². The average Bonchev–Trinajstić information content (AvgIpc) is 2.88. The minimum Gasteiger partial charge on any atom is -0.480 e. The number of benzene rings is 1. The quantitative estimate of drug-likeness (QED) is 0.651. The van der Waals surface area contributed by atoms with Gasteiger partial charge in [0.25, 0.3) is 11.6 Å². The summed E-state index contributed by atoms with van der Waals surface area (Å²) in [6, 6.07) is 4.00. The van der Waals surface area contributed by atoms with Gasteiger partial charge in [0.2, 0.25) is 0 Å². The van der Waals surface area contributed by atoms with Crippen molar-refractivity contribution in [2.24, 2.45) is 0 Å². The van der Waals surface area contributed by atoms with E-state index in [1.165, 1.54) is 25.1 Å². The van der Waals surface area contributed by atoms with Gasteiger partial charge in [0.1, 0.15) is 5.54 Å². The SMILES string of the molecule is Cc1cc(C(=O)NC2(C(=O)O)CCCC2)ccc1[N+](=O)[O-]. The Balaban J connectivity index is 2.22. The van der Waals surface area contributed by atoms with Gasteiger partial charge >= 0.3 is 5.97 Å². The summed E-state index contributed by atoms with van der Waals surface area (Å²) in [4.78, 5) is 33.8. The summed E-state index contributed by atoms with van der Waals surface area (Å²) in [7, 11) is 0. The van der Waals surface area contributed by atoms with Crippen LogP contribution in [0.2, 0.25) is 0 Å². The van der Waals surface area contributed by atoms with Gasteiger partial charge in [0, 0.05) is 17.2 Å². The number of carboxylic acid groups (broad SMARTS) is 1. The van der Waals surface area contributed by atoms with E-state index in [2.05, 4.69) is 5.32 Å². The Labute approximate surface area is 121 Å². The molecule has 0 unspecified atom stereocenters. The Kier molecular flexibility index (Phi) is 3.93. The summed E-state index contributed by atoms with van der Waals surface area (Å²) in [5, 5.41) is 22.7. The fourth-order valence-corrected chi connectivity index (χ4v) is 2.66. The Morgan fingerprint density at radius 3 is 2.43 bits per heavy atom. The number of aryl methyl sites for hydroxylation is 1. The number of carbonyl (C=O) groups is 2. The van der Waals surface area contributed by atoms with E-state index in [1.54, 1.807) is 0 Å². The molecule has 0 saturated heterocycles. The zero-order valence-electron chi connectivity index (χ0n) is 11.6. The fourth-order valence-electron chi connectivity index (χ4n) is 2.66. The van der Waals surface area contributed by atoms with Gasteiger partial charge in [-0.1, -0.05) is 12.8 Å². The van der Waals surface area contributed by atoms with Crippen LogP contribution < -0.4 is 5.32 Å². The maximum Gasteiger partial charge on any atom is 0.329 e. The van der Waals surface area contributed by atoms with E-state index in [9.17, 15) is 24.8 Å². The van der Waals surface area contributed by atoms with Crippen LogP contribution in [-0.2, 0) is 4.79 Å². The van der Waals surface area contributed by atoms with Crippen LogP contribution in [-0.4, -0.2) is 27.4 Å². The number of hydrogen-bond donors (Lipinski definition) is 2. The third-order valence-corrected chi connectivity index (χ3v) is 3.87. The van der Waals surface area contributed by atoms with Crippen LogP contribution in [0.4, 0.5) is 5.69 Å². The van der Waals surface area contributed by atoms with Crippen LogP contribution in [0.25, 0.3) is 0 Å². The largest absolute Gasteiger partial charge is 0.480 e. The predicted octanol–water partition coefficient (Wildman–Crippen LogP) is 2.03. The molecule has 0 atom stereocenters. The number of nitro groups is 1. The molecule has 0 aliphatic heterocycles. The molecule has 0 bridgehead atoms. The van der Waals surface area contributed by atoms with Gasteiger partial charge < -0.3 is 10.4 Å². The maximum absolute atomic E-state index is 12.2. The molecule has 1 saturated carbocycles. The number of amides is 1. The van der Waals surface area contributed by atoms with Gasteiger partial charge in [0.15, 0.2) is 0 Å². The lowest BCUT2D eigenvalue weighted by Crippen LogP contribution is -2.52. The number of nitro benzene ring substituents is 1. The number of carboxylic acids is 1. The molecule has 0 spiro atoms. The lowest BCUT2D eigenvalue weighted by Gasteiger charge is -2.25. The molecule has 7 heteroatoms. The molecule has 0 radical (unpaired) electrons. The molecule has 1 aromatic carbocycles. The van der Waals surface area contributed by atoms with Crippen LogP contribution >= 0.6 is 0 Å². The Morgan fingerprint density at radius 1 is 1.33 bits per heavy atom. The lowest BCUT2D eigenvalue weighted by molar-refractivity contribution is -0.385. The van der Waals surface area contributed by atoms with E-state index in [1.807, 2.05) is 0 Å². The molecule has 21 heavy (non-hydrogen) atoms. The number of nitrogens with zero attached hydrogens (tertiary/aromatic N) is 1. The van der Waals surface area contributed by atoms with Crippen LogP contribution in [0.3, 0.4) is 0 Å². The molecule has 2 N–H and O–H groups in total. The van der Waals surface area contributed by atoms with Crippen molar-refractivity contribution in [2.45, 2.75) is 38.1 Å². The number of hydrogen-bond acceptors (Lipinski definition) is 4. The van der Waals surface area contributed by atoms with Crippen molar-refractivity contribution >= 4 is 17.6 Å². The minimum atomic E-state index is -1.22. The van der Waals surface area contributed by atoms with Gasteiger partial charge in [-0.2, -0.15) is 0 Å². The molecule has 1 amide bonds. The molecule has 1 aromatic rings. The smallest absolute Gasteiger partial charge is 0.329 e. The first-order chi connectivity index (χ1) is 9.85. The molecular formula is C14H16N2O5. The van der Waals surface area contributed by atoms with Crippen LogP contribution in [0.5, 0.6) is 0 Å². The molecule has 1 aliphatic carbocycles. The van der Waals surface area contributed by atoms with Crippen LogP contribution in [0, 0.1) is 17.0 Å². The second-order valence-electron chi connectivity index (χ2n) is 5.31. The highest BCUT2D eigenvalue weighted by Crippen LogP contribution is 2.30. The molecule has 0 aromatic heterocycles. The number of carbonyl (C=O) groups excluding carboxylic acids is 1. The van der Waals surface area contributed by atoms with Crippen molar-refractivity contribution in [1.29, 1.82) is 0 Å². The number of rotatable bonds is 4. The van der Waals surface area contributed by atoms with E-state index < -0.39 is 22.3 Å². The van der Waals surface area contributed by atoms with Crippen LogP contribution in [0.1, 0.15) is 41.6 Å². The first kappa shape index (κ1) is 15.0. The second kappa shape index (κ2) is 5.51. The predicted molar refractivity (Wildman–Crippen MR) is 74.1 cm³/mol. The van der Waals surface area contributed by atoms with Gasteiger partial charge in [-0.25, -0.2) is 4.79 Å². The first-order valence-electron chi connectivity index (χ1n) is 6.67. The van der Waals surface area contributed by atoms with Crippen molar-refractivity contribution in [3.8, 4) is 0 Å². The van der Waals surface area contributed by atoms with Crippen molar-refractivity contribution < 1.29 is 19.6 Å². The third kappa shape index (κ3) is 2.86. The first-order valence-corrected chi connectivity index (χ1v) is 6.67. The van der Waals surface area contributed by atoms with E-state index in [-0.39, 0.29) is 11.3 Å². The Bertz CT molecular complexity index is 605.